The van der Waals surface area contributed by atoms with E-state index in [4.69, 9.17) is 11.6 Å². The number of halogens is 1. The molecule has 1 aromatic heterocycles. The molecule has 2 rings (SSSR count). The molecule has 5 heteroatoms. The van der Waals surface area contributed by atoms with Crippen LogP contribution in [0.4, 0.5) is 0 Å². The van der Waals surface area contributed by atoms with Gasteiger partial charge in [0.1, 0.15) is 12.2 Å². The molecule has 92 valence electrons. The molecule has 0 bridgehead atoms. The molecule has 1 atom stereocenters. The molecule has 2 aromatic rings. The first kappa shape index (κ1) is 12.5. The molecule has 0 saturated heterocycles. The van der Waals surface area contributed by atoms with Crippen LogP contribution in [0.2, 0.25) is 5.02 Å². The molecule has 1 unspecified atom stereocenters. The van der Waals surface area contributed by atoms with Crippen molar-refractivity contribution >= 4 is 17.6 Å². The minimum Gasteiger partial charge on any atom is -0.481 e. The van der Waals surface area contributed by atoms with Crippen LogP contribution in [-0.4, -0.2) is 21.0 Å². The molecule has 0 saturated carbocycles. The zero-order valence-electron chi connectivity index (χ0n) is 9.45. The molecule has 0 amide bonds. The maximum atomic E-state index is 11.3. The topological polar surface area (TPSA) is 63.1 Å². The van der Waals surface area contributed by atoms with Crippen molar-refractivity contribution in [2.75, 3.05) is 0 Å². The summed E-state index contributed by atoms with van der Waals surface area (Å²) >= 11 is 6.03. The lowest BCUT2D eigenvalue weighted by Crippen LogP contribution is -2.16. The second-order valence-electron chi connectivity index (χ2n) is 3.82. The van der Waals surface area contributed by atoms with Gasteiger partial charge in [0, 0.05) is 11.2 Å². The summed E-state index contributed by atoms with van der Waals surface area (Å²) in [5.41, 5.74) is 1.28. The Morgan fingerprint density at radius 2 is 2.11 bits per heavy atom. The Balaban J connectivity index is 2.28. The molecule has 0 fully saturated rings. The van der Waals surface area contributed by atoms with E-state index in [1.165, 1.54) is 12.5 Å². The van der Waals surface area contributed by atoms with Crippen LogP contribution in [0.15, 0.2) is 42.9 Å². The highest BCUT2D eigenvalue weighted by Gasteiger charge is 2.22. The van der Waals surface area contributed by atoms with E-state index < -0.39 is 11.9 Å². The number of carboxylic acid groups (broad SMARTS) is 1. The van der Waals surface area contributed by atoms with Gasteiger partial charge in [-0.3, -0.25) is 4.79 Å². The van der Waals surface area contributed by atoms with E-state index in [9.17, 15) is 9.90 Å². The van der Waals surface area contributed by atoms with E-state index in [0.717, 1.165) is 5.56 Å². The van der Waals surface area contributed by atoms with E-state index in [1.807, 2.05) is 18.2 Å². The molecular weight excluding hydrogens is 252 g/mol. The fourth-order valence-corrected chi connectivity index (χ4v) is 1.92. The number of carboxylic acids is 1. The van der Waals surface area contributed by atoms with Crippen LogP contribution in [0.1, 0.15) is 17.2 Å². The first-order chi connectivity index (χ1) is 8.68. The molecule has 1 heterocycles. The van der Waals surface area contributed by atoms with E-state index >= 15 is 0 Å². The third-order valence-corrected chi connectivity index (χ3v) is 3.01. The summed E-state index contributed by atoms with van der Waals surface area (Å²) in [6, 6.07) is 8.82. The molecule has 0 radical (unpaired) electrons. The summed E-state index contributed by atoms with van der Waals surface area (Å²) < 4.78 is 0. The maximum absolute atomic E-state index is 11.3. The van der Waals surface area contributed by atoms with Crippen LogP contribution < -0.4 is 0 Å². The van der Waals surface area contributed by atoms with Crippen LogP contribution in [0.5, 0.6) is 0 Å². The van der Waals surface area contributed by atoms with Crippen molar-refractivity contribution < 1.29 is 9.90 Å². The largest absolute Gasteiger partial charge is 0.481 e. The molecule has 4 nitrogen and oxygen atoms in total. The Labute approximate surface area is 109 Å². The lowest BCUT2D eigenvalue weighted by Gasteiger charge is -2.12. The number of hydrogen-bond donors (Lipinski definition) is 1. The minimum atomic E-state index is -0.923. The molecule has 0 aliphatic rings. The van der Waals surface area contributed by atoms with E-state index in [0.29, 0.717) is 17.1 Å². The van der Waals surface area contributed by atoms with Crippen molar-refractivity contribution in [1.82, 2.24) is 9.97 Å². The second-order valence-corrected chi connectivity index (χ2v) is 4.23. The van der Waals surface area contributed by atoms with Gasteiger partial charge in [0.15, 0.2) is 0 Å². The summed E-state index contributed by atoms with van der Waals surface area (Å²) in [6.45, 7) is 0. The molecule has 0 spiro atoms. The predicted octanol–water partition coefficient (Wildman–Crippen LogP) is 2.54. The third kappa shape index (κ3) is 2.84. The van der Waals surface area contributed by atoms with Gasteiger partial charge in [-0.25, -0.2) is 9.97 Å². The van der Waals surface area contributed by atoms with Gasteiger partial charge < -0.3 is 5.11 Å². The lowest BCUT2D eigenvalue weighted by molar-refractivity contribution is -0.138. The van der Waals surface area contributed by atoms with Gasteiger partial charge in [-0.05, 0) is 24.1 Å². The quantitative estimate of drug-likeness (QED) is 0.920. The first-order valence-electron chi connectivity index (χ1n) is 5.40. The van der Waals surface area contributed by atoms with E-state index in [1.54, 1.807) is 12.1 Å². The van der Waals surface area contributed by atoms with Crippen LogP contribution in [0.25, 0.3) is 0 Å². The number of carbonyl (C=O) groups is 1. The Hall–Kier alpha value is -1.94. The number of benzene rings is 1. The number of aliphatic carboxylic acids is 1. The SMILES string of the molecule is O=C(O)C(Cc1ccccc1Cl)c1ccncn1. The van der Waals surface area contributed by atoms with E-state index in [2.05, 4.69) is 9.97 Å². The smallest absolute Gasteiger partial charge is 0.312 e. The summed E-state index contributed by atoms with van der Waals surface area (Å²) in [5.74, 6) is -1.64. The Bertz CT molecular complexity index is 546. The van der Waals surface area contributed by atoms with Crippen molar-refractivity contribution in [2.45, 2.75) is 12.3 Å². The van der Waals surface area contributed by atoms with Gasteiger partial charge >= 0.3 is 5.97 Å². The van der Waals surface area contributed by atoms with Crippen LogP contribution >= 0.6 is 11.6 Å². The zero-order valence-corrected chi connectivity index (χ0v) is 10.2. The average molecular weight is 263 g/mol. The minimum absolute atomic E-state index is 0.312. The monoisotopic (exact) mass is 262 g/mol. The van der Waals surface area contributed by atoms with E-state index in [-0.39, 0.29) is 0 Å². The molecule has 0 aliphatic carbocycles. The molecular formula is C13H11ClN2O2. The average Bonchev–Trinajstić information content (AvgIpc) is 2.38. The molecule has 18 heavy (non-hydrogen) atoms. The van der Waals surface area contributed by atoms with Gasteiger partial charge in [0.2, 0.25) is 0 Å². The van der Waals surface area contributed by atoms with Crippen molar-refractivity contribution in [1.29, 1.82) is 0 Å². The highest BCUT2D eigenvalue weighted by Crippen LogP contribution is 2.24. The number of hydrogen-bond acceptors (Lipinski definition) is 3. The van der Waals surface area contributed by atoms with Crippen molar-refractivity contribution in [3.05, 3.63) is 59.1 Å². The summed E-state index contributed by atoms with van der Waals surface area (Å²) in [4.78, 5) is 19.1. The van der Waals surface area contributed by atoms with Crippen molar-refractivity contribution in [3.8, 4) is 0 Å². The van der Waals surface area contributed by atoms with Crippen molar-refractivity contribution in [3.63, 3.8) is 0 Å². The first-order valence-corrected chi connectivity index (χ1v) is 5.78. The number of rotatable bonds is 4. The summed E-state index contributed by atoms with van der Waals surface area (Å²) in [7, 11) is 0. The maximum Gasteiger partial charge on any atom is 0.312 e. The van der Waals surface area contributed by atoms with Crippen LogP contribution in [-0.2, 0) is 11.2 Å². The van der Waals surface area contributed by atoms with Gasteiger partial charge in [0.25, 0.3) is 0 Å². The molecule has 1 aromatic carbocycles. The fourth-order valence-electron chi connectivity index (χ4n) is 1.71. The lowest BCUT2D eigenvalue weighted by atomic mass is 9.96. The van der Waals surface area contributed by atoms with Gasteiger partial charge in [-0.1, -0.05) is 29.8 Å². The third-order valence-electron chi connectivity index (χ3n) is 2.64. The summed E-state index contributed by atoms with van der Waals surface area (Å²) in [5, 5.41) is 9.84. The van der Waals surface area contributed by atoms with Gasteiger partial charge in [-0.15, -0.1) is 0 Å². The van der Waals surface area contributed by atoms with Gasteiger partial charge in [-0.2, -0.15) is 0 Å². The number of nitrogens with zero attached hydrogens (tertiary/aromatic N) is 2. The Kier molecular flexibility index (Phi) is 3.89. The summed E-state index contributed by atoms with van der Waals surface area (Å²) in [6.07, 6.45) is 3.19. The molecule has 0 aliphatic heterocycles. The highest BCUT2D eigenvalue weighted by atomic mass is 35.5. The Morgan fingerprint density at radius 3 is 2.72 bits per heavy atom. The second kappa shape index (κ2) is 5.60. The fraction of sp³-hybridized carbons (Fsp3) is 0.154. The normalized spacial score (nSPS) is 12.1. The molecule has 1 N–H and O–H groups in total. The van der Waals surface area contributed by atoms with Gasteiger partial charge in [0.05, 0.1) is 5.69 Å². The highest BCUT2D eigenvalue weighted by molar-refractivity contribution is 6.31. The zero-order chi connectivity index (χ0) is 13.0. The van der Waals surface area contributed by atoms with Crippen molar-refractivity contribution in [2.24, 2.45) is 0 Å². The predicted molar refractivity (Wildman–Crippen MR) is 67.6 cm³/mol. The standard InChI is InChI=1S/C13H11ClN2O2/c14-11-4-2-1-3-9(11)7-10(13(17)18)12-5-6-15-8-16-12/h1-6,8,10H,7H2,(H,17,18). The number of aromatic nitrogens is 2. The van der Waals surface area contributed by atoms with Crippen LogP contribution in [0.3, 0.4) is 0 Å². The van der Waals surface area contributed by atoms with Crippen LogP contribution in [0, 0.1) is 0 Å². The Morgan fingerprint density at radius 1 is 1.33 bits per heavy atom.